The molecule has 45 heavy (non-hydrogen) atoms. The van der Waals surface area contributed by atoms with E-state index in [1.165, 1.54) is 0 Å². The first kappa shape index (κ1) is 34.4. The van der Waals surface area contributed by atoms with Gasteiger partial charge in [-0.15, -0.1) is 0 Å². The Morgan fingerprint density at radius 2 is 1.36 bits per heavy atom. The van der Waals surface area contributed by atoms with Crippen molar-refractivity contribution in [3.05, 3.63) is 54.7 Å². The Kier molecular flexibility index (Phi) is 11.6. The number of aliphatic hydroxyl groups is 2. The van der Waals surface area contributed by atoms with E-state index in [4.69, 9.17) is 16.7 Å². The summed E-state index contributed by atoms with van der Waals surface area (Å²) < 4.78 is 0. The highest BCUT2D eigenvalue weighted by atomic mass is 16.3. The lowest BCUT2D eigenvalue weighted by atomic mass is 9.88. The van der Waals surface area contributed by atoms with E-state index in [0.29, 0.717) is 35.1 Å². The maximum Gasteiger partial charge on any atom is 0.221 e. The van der Waals surface area contributed by atoms with Gasteiger partial charge in [0.2, 0.25) is 5.88 Å². The molecule has 7 N–H and O–H groups in total. The predicted octanol–water partition coefficient (Wildman–Crippen LogP) is 6.96. The number of benzene rings is 2. The van der Waals surface area contributed by atoms with E-state index in [0.717, 1.165) is 73.4 Å². The summed E-state index contributed by atoms with van der Waals surface area (Å²) in [5.74, 6) is 13.8. The van der Waals surface area contributed by atoms with Crippen LogP contribution in [0.5, 0.6) is 5.88 Å². The molecule has 0 aliphatic carbocycles. The van der Waals surface area contributed by atoms with E-state index in [2.05, 4.69) is 32.7 Å². The van der Waals surface area contributed by atoms with Crippen molar-refractivity contribution in [1.29, 1.82) is 0 Å². The number of anilines is 2. The number of pyridine rings is 2. The van der Waals surface area contributed by atoms with Crippen LogP contribution in [0.1, 0.15) is 91.9 Å². The molecule has 0 radical (unpaired) electrons. The average Bonchev–Trinajstić information content (AvgIpc) is 3.03. The van der Waals surface area contributed by atoms with Gasteiger partial charge in [-0.1, -0.05) is 82.7 Å². The van der Waals surface area contributed by atoms with E-state index >= 15 is 0 Å². The number of hydrogen-bond donors (Lipinski definition) is 5. The van der Waals surface area contributed by atoms with Crippen molar-refractivity contribution in [2.45, 2.75) is 103 Å². The zero-order valence-corrected chi connectivity index (χ0v) is 27.5. The normalized spacial score (nSPS) is 14.4. The standard InChI is InChI=1S/C36H52N6O3/c1-5-7-11-18-35(3,20-23-43)41(37)31-17-22-39-30-25-26(15-16-27(30)31)32-33(28-13-9-10-14-29(28)40-34(32)45)42(38)36(4,21-24-44)19-12-8-6-2/h9-10,13-17,22,25,43-44H,5-8,11-12,18-21,23-24,37-38H2,1-4H3,(H,40,45). The number of aliphatic hydroxyl groups excluding tert-OH is 2. The zero-order chi connectivity index (χ0) is 32.6. The molecule has 0 fully saturated rings. The Morgan fingerprint density at radius 1 is 0.733 bits per heavy atom. The zero-order valence-electron chi connectivity index (χ0n) is 27.5. The third-order valence-corrected chi connectivity index (χ3v) is 9.46. The van der Waals surface area contributed by atoms with Crippen molar-refractivity contribution in [3.63, 3.8) is 0 Å². The van der Waals surface area contributed by atoms with Crippen LogP contribution in [0.2, 0.25) is 0 Å². The Balaban J connectivity index is 1.87. The number of nitrogens with zero attached hydrogens (tertiary/aromatic N) is 4. The number of nitrogens with two attached hydrogens (primary N) is 2. The maximum absolute atomic E-state index is 11.5. The number of unbranched alkanes of at least 4 members (excludes halogenated alkanes) is 4. The number of aromatic nitrogens is 2. The maximum atomic E-state index is 11.5. The molecule has 2 atom stereocenters. The van der Waals surface area contributed by atoms with Crippen LogP contribution >= 0.6 is 0 Å². The topological polar surface area (TPSA) is 145 Å². The molecule has 2 aromatic carbocycles. The molecule has 244 valence electrons. The summed E-state index contributed by atoms with van der Waals surface area (Å²) in [5.41, 5.74) is 3.07. The van der Waals surface area contributed by atoms with Crippen molar-refractivity contribution < 1.29 is 15.3 Å². The predicted molar refractivity (Wildman–Crippen MR) is 186 cm³/mol. The molecule has 0 amide bonds. The molecule has 9 nitrogen and oxygen atoms in total. The van der Waals surface area contributed by atoms with Crippen LogP contribution in [0.4, 0.5) is 11.4 Å². The second kappa shape index (κ2) is 15.2. The van der Waals surface area contributed by atoms with Crippen LogP contribution in [0, 0.1) is 0 Å². The van der Waals surface area contributed by atoms with Gasteiger partial charge < -0.3 is 25.3 Å². The van der Waals surface area contributed by atoms with E-state index in [1.807, 2.05) is 48.5 Å². The first-order valence-electron chi connectivity index (χ1n) is 16.5. The lowest BCUT2D eigenvalue weighted by Crippen LogP contribution is -2.52. The number of hydrazine groups is 2. The van der Waals surface area contributed by atoms with Crippen LogP contribution in [0.3, 0.4) is 0 Å². The van der Waals surface area contributed by atoms with Crippen LogP contribution in [0.15, 0.2) is 54.7 Å². The van der Waals surface area contributed by atoms with Gasteiger partial charge in [-0.05, 0) is 63.3 Å². The fourth-order valence-corrected chi connectivity index (χ4v) is 6.48. The van der Waals surface area contributed by atoms with Gasteiger partial charge in [-0.3, -0.25) is 4.98 Å². The van der Waals surface area contributed by atoms with E-state index < -0.39 is 11.1 Å². The monoisotopic (exact) mass is 616 g/mol. The third-order valence-electron chi connectivity index (χ3n) is 9.46. The summed E-state index contributed by atoms with van der Waals surface area (Å²) in [6.07, 6.45) is 10.8. The molecule has 9 heteroatoms. The average molecular weight is 617 g/mol. The largest absolute Gasteiger partial charge is 0.493 e. The molecular weight excluding hydrogens is 564 g/mol. The minimum atomic E-state index is -0.563. The second-order valence-corrected chi connectivity index (χ2v) is 12.8. The Hall–Kier alpha value is -3.50. The molecule has 0 spiro atoms. The summed E-state index contributed by atoms with van der Waals surface area (Å²) >= 11 is 0. The van der Waals surface area contributed by atoms with Crippen molar-refractivity contribution in [1.82, 2.24) is 9.97 Å². The van der Waals surface area contributed by atoms with Gasteiger partial charge in [-0.25, -0.2) is 16.7 Å². The summed E-state index contributed by atoms with van der Waals surface area (Å²) in [6, 6.07) is 15.4. The minimum Gasteiger partial charge on any atom is -0.493 e. The van der Waals surface area contributed by atoms with Crippen LogP contribution in [0.25, 0.3) is 32.9 Å². The molecule has 2 unspecified atom stereocenters. The molecule has 4 aromatic rings. The highest BCUT2D eigenvalue weighted by Gasteiger charge is 2.34. The SMILES string of the molecule is CCCCCC(C)(CCO)N(N)c1ccnc2cc(-c3c(O)nc4ccccc4c3N(N)C(C)(CCO)CCCCC)ccc12. The Bertz CT molecular complexity index is 1570. The van der Waals surface area contributed by atoms with Gasteiger partial charge in [0.05, 0.1) is 39.0 Å². The highest BCUT2D eigenvalue weighted by molar-refractivity contribution is 6.04. The van der Waals surface area contributed by atoms with E-state index in [-0.39, 0.29) is 19.1 Å². The number of aromatic hydroxyl groups is 1. The first-order valence-corrected chi connectivity index (χ1v) is 16.5. The van der Waals surface area contributed by atoms with E-state index in [9.17, 15) is 15.3 Å². The minimum absolute atomic E-state index is 0.00738. The van der Waals surface area contributed by atoms with Gasteiger partial charge in [0, 0.05) is 30.2 Å². The van der Waals surface area contributed by atoms with Gasteiger partial charge in [0.15, 0.2) is 0 Å². The fraction of sp³-hybridized carbons (Fsp3) is 0.500. The summed E-state index contributed by atoms with van der Waals surface area (Å²) in [4.78, 5) is 9.26. The summed E-state index contributed by atoms with van der Waals surface area (Å²) in [6.45, 7) is 8.55. The molecule has 2 aromatic heterocycles. The third kappa shape index (κ3) is 7.33. The van der Waals surface area contributed by atoms with Gasteiger partial charge in [0.1, 0.15) is 0 Å². The number of para-hydroxylation sites is 1. The Morgan fingerprint density at radius 3 is 1.98 bits per heavy atom. The molecular formula is C36H52N6O3. The van der Waals surface area contributed by atoms with Crippen molar-refractivity contribution in [3.8, 4) is 17.0 Å². The molecule has 4 rings (SSSR count). The smallest absolute Gasteiger partial charge is 0.221 e. The summed E-state index contributed by atoms with van der Waals surface area (Å²) in [5, 5.41) is 36.7. The van der Waals surface area contributed by atoms with E-state index in [1.54, 1.807) is 16.2 Å². The second-order valence-electron chi connectivity index (χ2n) is 12.8. The molecule has 0 bridgehead atoms. The van der Waals surface area contributed by atoms with Gasteiger partial charge >= 0.3 is 0 Å². The van der Waals surface area contributed by atoms with Crippen molar-refractivity contribution in [2.75, 3.05) is 23.2 Å². The van der Waals surface area contributed by atoms with Crippen molar-refractivity contribution >= 4 is 33.2 Å². The number of rotatable bonds is 17. The summed E-state index contributed by atoms with van der Waals surface area (Å²) in [7, 11) is 0. The fourth-order valence-electron chi connectivity index (χ4n) is 6.48. The van der Waals surface area contributed by atoms with Crippen LogP contribution in [-0.2, 0) is 0 Å². The number of hydrogen-bond acceptors (Lipinski definition) is 9. The molecule has 2 heterocycles. The number of fused-ring (bicyclic) bond motifs is 2. The first-order chi connectivity index (χ1) is 21.6. The lowest BCUT2D eigenvalue weighted by molar-refractivity contribution is 0.229. The molecule has 0 saturated heterocycles. The molecule has 0 aliphatic heterocycles. The lowest BCUT2D eigenvalue weighted by Gasteiger charge is -2.41. The van der Waals surface area contributed by atoms with Gasteiger partial charge in [-0.2, -0.15) is 0 Å². The Labute approximate surface area is 267 Å². The van der Waals surface area contributed by atoms with Crippen molar-refractivity contribution in [2.24, 2.45) is 11.7 Å². The van der Waals surface area contributed by atoms with Gasteiger partial charge in [0.25, 0.3) is 0 Å². The molecule has 0 saturated carbocycles. The quantitative estimate of drug-likeness (QED) is 0.0483. The highest BCUT2D eigenvalue weighted by Crippen LogP contribution is 2.45. The molecule has 0 aliphatic rings. The van der Waals surface area contributed by atoms with Crippen LogP contribution in [-0.4, -0.2) is 49.6 Å². The van der Waals surface area contributed by atoms with Crippen LogP contribution < -0.4 is 21.7 Å².